The monoisotopic (exact) mass is 418 g/mol. The van der Waals surface area contributed by atoms with Gasteiger partial charge in [0.15, 0.2) is 5.16 Å². The molecule has 1 aromatic heterocycles. The van der Waals surface area contributed by atoms with Crippen LogP contribution in [0.5, 0.6) is 5.88 Å². The third-order valence-corrected chi connectivity index (χ3v) is 4.77. The molecule has 1 heterocycles. The fraction of sp³-hybridized carbons (Fsp3) is 0.150. The van der Waals surface area contributed by atoms with Gasteiger partial charge >= 0.3 is 5.97 Å². The van der Waals surface area contributed by atoms with Crippen molar-refractivity contribution in [3.05, 3.63) is 75.1 Å². The molecule has 6 nitrogen and oxygen atoms in total. The number of carboxylic acid groups (broad SMARTS) is 1. The Balaban J connectivity index is 2.09. The number of aromatic amines is 1. The average molecular weight is 418 g/mol. The Bertz CT molecular complexity index is 1150. The van der Waals surface area contributed by atoms with Crippen molar-refractivity contribution in [2.45, 2.75) is 18.7 Å². The number of halogens is 2. The minimum absolute atomic E-state index is 0.00512. The first-order valence-corrected chi connectivity index (χ1v) is 9.62. The second-order valence-electron chi connectivity index (χ2n) is 6.11. The largest absolute Gasteiger partial charge is 0.478 e. The first-order valence-electron chi connectivity index (χ1n) is 8.39. The van der Waals surface area contributed by atoms with Gasteiger partial charge in [0, 0.05) is 11.6 Å². The Morgan fingerprint density at radius 1 is 1.24 bits per heavy atom. The average Bonchev–Trinajstić information content (AvgIpc) is 2.67. The normalized spacial score (nSPS) is 10.8. The molecule has 0 fully saturated rings. The molecular weight excluding hydrogens is 402 g/mol. The molecule has 0 amide bonds. The third kappa shape index (κ3) is 4.45. The molecule has 0 aliphatic carbocycles. The van der Waals surface area contributed by atoms with Crippen LogP contribution in [0.4, 0.5) is 8.78 Å². The van der Waals surface area contributed by atoms with Crippen LogP contribution in [-0.2, 0) is 6.61 Å². The first kappa shape index (κ1) is 20.5. The number of hydrogen-bond acceptors (Lipinski definition) is 5. The number of H-pyrrole nitrogens is 1. The number of carboxylic acids is 1. The fourth-order valence-electron chi connectivity index (χ4n) is 2.68. The third-order valence-electron chi connectivity index (χ3n) is 4.19. The van der Waals surface area contributed by atoms with E-state index >= 15 is 0 Å². The van der Waals surface area contributed by atoms with Crippen LogP contribution in [0.15, 0.2) is 46.3 Å². The Hall–Kier alpha value is -3.20. The lowest BCUT2D eigenvalue weighted by molar-refractivity contribution is 0.0697. The standard InChI is InChI=1S/C20H16F2N2O4S/c1-10-3-4-11(19(26)27)7-14(10)16-17(25)23-20(29-2)24-18(16)28-9-12-5-6-13(21)8-15(12)22/h3-8H,9H2,1-2H3,(H,26,27)(H,23,24,25). The molecule has 0 spiro atoms. The molecule has 3 aromatic rings. The Morgan fingerprint density at radius 3 is 2.66 bits per heavy atom. The molecule has 0 aliphatic heterocycles. The predicted octanol–water partition coefficient (Wildman–Crippen LogP) is 4.02. The molecule has 9 heteroatoms. The molecule has 0 atom stereocenters. The number of aryl methyl sites for hydroxylation is 1. The SMILES string of the molecule is CSc1nc(OCc2ccc(F)cc2F)c(-c2cc(C(=O)O)ccc2C)c(=O)[nH]1. The van der Waals surface area contributed by atoms with Crippen molar-refractivity contribution in [2.75, 3.05) is 6.26 Å². The first-order chi connectivity index (χ1) is 13.8. The van der Waals surface area contributed by atoms with Crippen molar-refractivity contribution in [1.82, 2.24) is 9.97 Å². The van der Waals surface area contributed by atoms with Gasteiger partial charge < -0.3 is 14.8 Å². The summed E-state index contributed by atoms with van der Waals surface area (Å²) in [5.41, 5.74) is 0.559. The van der Waals surface area contributed by atoms with E-state index in [4.69, 9.17) is 4.74 Å². The maximum Gasteiger partial charge on any atom is 0.335 e. The molecule has 0 bridgehead atoms. The van der Waals surface area contributed by atoms with Crippen molar-refractivity contribution in [2.24, 2.45) is 0 Å². The minimum Gasteiger partial charge on any atom is -0.478 e. The summed E-state index contributed by atoms with van der Waals surface area (Å²) >= 11 is 1.18. The number of nitrogens with one attached hydrogen (secondary N) is 1. The van der Waals surface area contributed by atoms with Gasteiger partial charge in [-0.05, 0) is 48.6 Å². The van der Waals surface area contributed by atoms with E-state index < -0.39 is 23.2 Å². The zero-order valence-corrected chi connectivity index (χ0v) is 16.3. The van der Waals surface area contributed by atoms with Crippen molar-refractivity contribution in [3.8, 4) is 17.0 Å². The summed E-state index contributed by atoms with van der Waals surface area (Å²) in [6.45, 7) is 1.42. The van der Waals surface area contributed by atoms with Gasteiger partial charge in [-0.15, -0.1) is 0 Å². The van der Waals surface area contributed by atoms with E-state index in [1.165, 1.54) is 30.0 Å². The van der Waals surface area contributed by atoms with Crippen LogP contribution in [0.1, 0.15) is 21.5 Å². The number of ether oxygens (including phenoxy) is 1. The Labute approximate surface area is 168 Å². The Morgan fingerprint density at radius 2 is 2.00 bits per heavy atom. The number of benzene rings is 2. The molecular formula is C20H16F2N2O4S. The summed E-state index contributed by atoms with van der Waals surface area (Å²) < 4.78 is 32.7. The van der Waals surface area contributed by atoms with E-state index in [0.717, 1.165) is 12.1 Å². The van der Waals surface area contributed by atoms with Crippen molar-refractivity contribution in [3.63, 3.8) is 0 Å². The van der Waals surface area contributed by atoms with Gasteiger partial charge in [0.05, 0.1) is 5.56 Å². The maximum atomic E-state index is 13.9. The summed E-state index contributed by atoms with van der Waals surface area (Å²) in [5.74, 6) is -2.72. The van der Waals surface area contributed by atoms with Crippen LogP contribution in [-0.4, -0.2) is 27.3 Å². The molecule has 0 unspecified atom stereocenters. The summed E-state index contributed by atoms with van der Waals surface area (Å²) in [5, 5.41) is 9.54. The second-order valence-corrected chi connectivity index (χ2v) is 6.91. The predicted molar refractivity (Wildman–Crippen MR) is 104 cm³/mol. The number of carbonyl (C=O) groups is 1. The number of nitrogens with zero attached hydrogens (tertiary/aromatic N) is 1. The van der Waals surface area contributed by atoms with E-state index in [2.05, 4.69) is 9.97 Å². The van der Waals surface area contributed by atoms with Gasteiger partial charge in [0.1, 0.15) is 23.8 Å². The van der Waals surface area contributed by atoms with Gasteiger partial charge in [-0.25, -0.2) is 13.6 Å². The molecule has 0 radical (unpaired) electrons. The van der Waals surface area contributed by atoms with Crippen LogP contribution in [0.3, 0.4) is 0 Å². The zero-order valence-electron chi connectivity index (χ0n) is 15.5. The summed E-state index contributed by atoms with van der Waals surface area (Å²) in [6, 6.07) is 7.43. The highest BCUT2D eigenvalue weighted by molar-refractivity contribution is 7.98. The molecule has 29 heavy (non-hydrogen) atoms. The molecule has 0 saturated carbocycles. The van der Waals surface area contributed by atoms with Crippen molar-refractivity contribution >= 4 is 17.7 Å². The van der Waals surface area contributed by atoms with Crippen LogP contribution < -0.4 is 10.3 Å². The summed E-state index contributed by atoms with van der Waals surface area (Å²) in [4.78, 5) is 30.9. The van der Waals surface area contributed by atoms with Crippen LogP contribution in [0, 0.1) is 18.6 Å². The van der Waals surface area contributed by atoms with Gasteiger partial charge in [0.25, 0.3) is 5.56 Å². The number of hydrogen-bond donors (Lipinski definition) is 2. The minimum atomic E-state index is -1.15. The van der Waals surface area contributed by atoms with E-state index in [1.54, 1.807) is 19.2 Å². The lowest BCUT2D eigenvalue weighted by atomic mass is 9.99. The Kier molecular flexibility index (Phi) is 5.97. The van der Waals surface area contributed by atoms with Gasteiger partial charge in [0.2, 0.25) is 5.88 Å². The van der Waals surface area contributed by atoms with Crippen molar-refractivity contribution < 1.29 is 23.4 Å². The summed E-state index contributed by atoms with van der Waals surface area (Å²) in [7, 11) is 0. The topological polar surface area (TPSA) is 92.3 Å². The van der Waals surface area contributed by atoms with Gasteiger partial charge in [-0.2, -0.15) is 4.98 Å². The number of rotatable bonds is 6. The molecule has 0 aliphatic rings. The zero-order chi connectivity index (χ0) is 21.1. The summed E-state index contributed by atoms with van der Waals surface area (Å²) in [6.07, 6.45) is 1.71. The van der Waals surface area contributed by atoms with E-state index in [-0.39, 0.29) is 34.3 Å². The second kappa shape index (κ2) is 8.44. The van der Waals surface area contributed by atoms with Crippen LogP contribution >= 0.6 is 11.8 Å². The maximum absolute atomic E-state index is 13.9. The van der Waals surface area contributed by atoms with Crippen molar-refractivity contribution in [1.29, 1.82) is 0 Å². The van der Waals surface area contributed by atoms with Crippen LogP contribution in [0.25, 0.3) is 11.1 Å². The number of thioether (sulfide) groups is 1. The highest BCUT2D eigenvalue weighted by atomic mass is 32.2. The lowest BCUT2D eigenvalue weighted by Gasteiger charge is -2.13. The van der Waals surface area contributed by atoms with Gasteiger partial charge in [-0.1, -0.05) is 17.8 Å². The van der Waals surface area contributed by atoms with Crippen LogP contribution in [0.2, 0.25) is 0 Å². The number of aromatic nitrogens is 2. The van der Waals surface area contributed by atoms with Gasteiger partial charge in [-0.3, -0.25) is 4.79 Å². The quantitative estimate of drug-likeness (QED) is 0.464. The van der Waals surface area contributed by atoms with E-state index in [9.17, 15) is 23.5 Å². The smallest absolute Gasteiger partial charge is 0.335 e. The molecule has 2 aromatic carbocycles. The lowest BCUT2D eigenvalue weighted by Crippen LogP contribution is -2.15. The molecule has 2 N–H and O–H groups in total. The molecule has 150 valence electrons. The van der Waals surface area contributed by atoms with E-state index in [0.29, 0.717) is 11.1 Å². The highest BCUT2D eigenvalue weighted by Crippen LogP contribution is 2.30. The molecule has 0 saturated heterocycles. The van der Waals surface area contributed by atoms with E-state index in [1.807, 2.05) is 0 Å². The molecule has 3 rings (SSSR count). The highest BCUT2D eigenvalue weighted by Gasteiger charge is 2.19. The fourth-order valence-corrected chi connectivity index (χ4v) is 3.05. The number of aromatic carboxylic acids is 1.